The van der Waals surface area contributed by atoms with E-state index in [2.05, 4.69) is 27.1 Å². The third kappa shape index (κ3) is 3.23. The molecule has 0 radical (unpaired) electrons. The SMILES string of the molecule is CCc1cnc(C)nc1NC[C@@H]1CC(=O)N(C2CCCC2)C1. The number of carbonyl (C=O) groups is 1. The summed E-state index contributed by atoms with van der Waals surface area (Å²) in [7, 11) is 0. The molecule has 2 heterocycles. The van der Waals surface area contributed by atoms with E-state index in [1.54, 1.807) is 0 Å². The molecule has 1 aliphatic heterocycles. The van der Waals surface area contributed by atoms with Crippen molar-refractivity contribution < 1.29 is 4.79 Å². The van der Waals surface area contributed by atoms with Gasteiger partial charge in [-0.2, -0.15) is 0 Å². The van der Waals surface area contributed by atoms with Gasteiger partial charge in [-0.1, -0.05) is 19.8 Å². The largest absolute Gasteiger partial charge is 0.369 e. The molecule has 0 spiro atoms. The van der Waals surface area contributed by atoms with Crippen LogP contribution in [-0.4, -0.2) is 39.9 Å². The van der Waals surface area contributed by atoms with Gasteiger partial charge in [0.05, 0.1) is 0 Å². The predicted molar refractivity (Wildman–Crippen MR) is 86.7 cm³/mol. The fourth-order valence-corrected chi connectivity index (χ4v) is 3.66. The minimum absolute atomic E-state index is 0.341. The first-order chi connectivity index (χ1) is 10.7. The van der Waals surface area contributed by atoms with Crippen molar-refractivity contribution in [2.24, 2.45) is 5.92 Å². The molecule has 1 aromatic heterocycles. The van der Waals surface area contributed by atoms with Gasteiger partial charge >= 0.3 is 0 Å². The molecule has 1 saturated heterocycles. The second-order valence-electron chi connectivity index (χ2n) is 6.58. The highest BCUT2D eigenvalue weighted by atomic mass is 16.2. The fourth-order valence-electron chi connectivity index (χ4n) is 3.66. The Bertz CT molecular complexity index is 539. The van der Waals surface area contributed by atoms with Gasteiger partial charge in [0, 0.05) is 43.2 Å². The number of aromatic nitrogens is 2. The fraction of sp³-hybridized carbons (Fsp3) is 0.706. The van der Waals surface area contributed by atoms with Crippen molar-refractivity contribution in [3.63, 3.8) is 0 Å². The van der Waals surface area contributed by atoms with Crippen LogP contribution in [0.2, 0.25) is 0 Å². The standard InChI is InChI=1S/C17H26N4O/c1-3-14-10-18-12(2)20-17(14)19-9-13-8-16(22)21(11-13)15-6-4-5-7-15/h10,13,15H,3-9,11H2,1-2H3,(H,18,19,20)/t13-/m0/s1. The van der Waals surface area contributed by atoms with Gasteiger partial charge in [0.2, 0.25) is 5.91 Å². The van der Waals surface area contributed by atoms with Gasteiger partial charge < -0.3 is 10.2 Å². The summed E-state index contributed by atoms with van der Waals surface area (Å²) in [4.78, 5) is 23.1. The number of hydrogen-bond acceptors (Lipinski definition) is 4. The van der Waals surface area contributed by atoms with Gasteiger partial charge in [-0.3, -0.25) is 4.79 Å². The van der Waals surface area contributed by atoms with Gasteiger partial charge in [-0.25, -0.2) is 9.97 Å². The smallest absolute Gasteiger partial charge is 0.223 e. The Morgan fingerprint density at radius 2 is 2.14 bits per heavy atom. The van der Waals surface area contributed by atoms with E-state index in [9.17, 15) is 4.79 Å². The molecule has 1 amide bonds. The topological polar surface area (TPSA) is 58.1 Å². The molecule has 1 aromatic rings. The number of nitrogens with one attached hydrogen (secondary N) is 1. The van der Waals surface area contributed by atoms with E-state index in [0.29, 0.717) is 24.3 Å². The van der Waals surface area contributed by atoms with Crippen molar-refractivity contribution in [1.82, 2.24) is 14.9 Å². The van der Waals surface area contributed by atoms with E-state index in [-0.39, 0.29) is 0 Å². The molecule has 0 unspecified atom stereocenters. The Labute approximate surface area is 132 Å². The number of hydrogen-bond donors (Lipinski definition) is 1. The van der Waals surface area contributed by atoms with Gasteiger partial charge in [0.15, 0.2) is 0 Å². The van der Waals surface area contributed by atoms with E-state index in [0.717, 1.165) is 36.7 Å². The maximum absolute atomic E-state index is 12.2. The molecule has 3 rings (SSSR count). The first-order valence-electron chi connectivity index (χ1n) is 8.53. The molecule has 120 valence electrons. The van der Waals surface area contributed by atoms with Gasteiger partial charge in [0.25, 0.3) is 0 Å². The van der Waals surface area contributed by atoms with Crippen LogP contribution in [-0.2, 0) is 11.2 Å². The summed E-state index contributed by atoms with van der Waals surface area (Å²) in [6, 6.07) is 0.505. The van der Waals surface area contributed by atoms with Crippen molar-refractivity contribution in [2.75, 3.05) is 18.4 Å². The molecule has 1 N–H and O–H groups in total. The molecule has 1 saturated carbocycles. The monoisotopic (exact) mass is 302 g/mol. The first-order valence-corrected chi connectivity index (χ1v) is 8.53. The molecular formula is C17H26N4O. The summed E-state index contributed by atoms with van der Waals surface area (Å²) in [5.41, 5.74) is 1.14. The van der Waals surface area contributed by atoms with E-state index in [4.69, 9.17) is 0 Å². The minimum Gasteiger partial charge on any atom is -0.369 e. The normalized spacial score (nSPS) is 22.5. The maximum Gasteiger partial charge on any atom is 0.223 e. The van der Waals surface area contributed by atoms with Crippen LogP contribution in [0.5, 0.6) is 0 Å². The second kappa shape index (κ2) is 6.63. The maximum atomic E-state index is 12.2. The Morgan fingerprint density at radius 3 is 2.86 bits per heavy atom. The third-order valence-corrected chi connectivity index (χ3v) is 4.93. The number of carbonyl (C=O) groups excluding carboxylic acids is 1. The van der Waals surface area contributed by atoms with Crippen LogP contribution in [0.25, 0.3) is 0 Å². The van der Waals surface area contributed by atoms with Gasteiger partial charge in [-0.05, 0) is 26.2 Å². The zero-order valence-electron chi connectivity index (χ0n) is 13.6. The quantitative estimate of drug-likeness (QED) is 0.908. The summed E-state index contributed by atoms with van der Waals surface area (Å²) >= 11 is 0. The molecule has 5 heteroatoms. The van der Waals surface area contributed by atoms with Crippen LogP contribution in [0.1, 0.15) is 50.4 Å². The summed E-state index contributed by atoms with van der Waals surface area (Å²) < 4.78 is 0. The summed E-state index contributed by atoms with van der Waals surface area (Å²) in [6.07, 6.45) is 8.42. The van der Waals surface area contributed by atoms with Crippen LogP contribution in [0.4, 0.5) is 5.82 Å². The lowest BCUT2D eigenvalue weighted by atomic mass is 10.1. The zero-order chi connectivity index (χ0) is 15.5. The number of anilines is 1. The first kappa shape index (κ1) is 15.3. The average molecular weight is 302 g/mol. The highest BCUT2D eigenvalue weighted by molar-refractivity contribution is 5.79. The third-order valence-electron chi connectivity index (χ3n) is 4.93. The molecule has 22 heavy (non-hydrogen) atoms. The highest BCUT2D eigenvalue weighted by Gasteiger charge is 2.35. The molecule has 1 atom stereocenters. The van der Waals surface area contributed by atoms with E-state index in [1.165, 1.54) is 25.7 Å². The zero-order valence-corrected chi connectivity index (χ0v) is 13.6. The lowest BCUT2D eigenvalue weighted by molar-refractivity contribution is -0.129. The lowest BCUT2D eigenvalue weighted by Crippen LogP contribution is -2.34. The molecular weight excluding hydrogens is 276 g/mol. The summed E-state index contributed by atoms with van der Waals surface area (Å²) in [6.45, 7) is 5.74. The molecule has 2 aliphatic rings. The summed E-state index contributed by atoms with van der Waals surface area (Å²) in [5, 5.41) is 3.45. The molecule has 1 aliphatic carbocycles. The van der Waals surface area contributed by atoms with Crippen molar-refractivity contribution in [3.8, 4) is 0 Å². The van der Waals surface area contributed by atoms with E-state index < -0.39 is 0 Å². The Morgan fingerprint density at radius 1 is 1.36 bits per heavy atom. The van der Waals surface area contributed by atoms with Crippen molar-refractivity contribution in [2.45, 2.75) is 58.4 Å². The van der Waals surface area contributed by atoms with Crippen LogP contribution >= 0.6 is 0 Å². The van der Waals surface area contributed by atoms with Crippen LogP contribution in [0.15, 0.2) is 6.20 Å². The van der Waals surface area contributed by atoms with E-state index >= 15 is 0 Å². The molecule has 0 aromatic carbocycles. The Balaban J connectivity index is 1.58. The lowest BCUT2D eigenvalue weighted by Gasteiger charge is -2.24. The number of aryl methyl sites for hydroxylation is 2. The van der Waals surface area contributed by atoms with Crippen molar-refractivity contribution in [1.29, 1.82) is 0 Å². The van der Waals surface area contributed by atoms with Gasteiger partial charge in [0.1, 0.15) is 11.6 Å². The highest BCUT2D eigenvalue weighted by Crippen LogP contribution is 2.29. The number of nitrogens with zero attached hydrogens (tertiary/aromatic N) is 3. The van der Waals surface area contributed by atoms with Crippen LogP contribution < -0.4 is 5.32 Å². The molecule has 2 fully saturated rings. The van der Waals surface area contributed by atoms with E-state index in [1.807, 2.05) is 13.1 Å². The molecule has 5 nitrogen and oxygen atoms in total. The minimum atomic E-state index is 0.341. The Hall–Kier alpha value is -1.65. The second-order valence-corrected chi connectivity index (χ2v) is 6.58. The van der Waals surface area contributed by atoms with Crippen molar-refractivity contribution in [3.05, 3.63) is 17.6 Å². The number of amides is 1. The summed E-state index contributed by atoms with van der Waals surface area (Å²) in [5.74, 6) is 2.46. The van der Waals surface area contributed by atoms with Crippen LogP contribution in [0, 0.1) is 12.8 Å². The number of rotatable bonds is 5. The van der Waals surface area contributed by atoms with Gasteiger partial charge in [-0.15, -0.1) is 0 Å². The molecule has 0 bridgehead atoms. The predicted octanol–water partition coefficient (Wildman–Crippen LogP) is 2.55. The Kier molecular flexibility index (Phi) is 4.60. The van der Waals surface area contributed by atoms with Crippen LogP contribution in [0.3, 0.4) is 0 Å². The number of likely N-dealkylation sites (tertiary alicyclic amines) is 1. The average Bonchev–Trinajstić information content (AvgIpc) is 3.14. The van der Waals surface area contributed by atoms with Crippen molar-refractivity contribution >= 4 is 11.7 Å².